The lowest BCUT2D eigenvalue weighted by molar-refractivity contribution is -0.00610. The van der Waals surface area contributed by atoms with Crippen molar-refractivity contribution in [2.45, 2.75) is 100 Å². The van der Waals surface area contributed by atoms with E-state index in [1.807, 2.05) is 0 Å². The van der Waals surface area contributed by atoms with E-state index in [1.165, 1.54) is 58.0 Å². The van der Waals surface area contributed by atoms with Crippen LogP contribution in [0.2, 0.25) is 0 Å². The van der Waals surface area contributed by atoms with Crippen molar-refractivity contribution in [1.82, 2.24) is 9.80 Å². The molecule has 0 N–H and O–H groups in total. The predicted octanol–water partition coefficient (Wildman–Crippen LogP) is 4.65. The average Bonchev–Trinajstić information content (AvgIpc) is 3.20. The van der Waals surface area contributed by atoms with Gasteiger partial charge < -0.3 is 14.5 Å². The van der Waals surface area contributed by atoms with E-state index < -0.39 is 0 Å². The number of rotatable bonds is 2. The van der Waals surface area contributed by atoms with Crippen LogP contribution in [-0.4, -0.2) is 53.2 Å². The molecule has 29 heavy (non-hydrogen) atoms. The van der Waals surface area contributed by atoms with Gasteiger partial charge in [-0.3, -0.25) is 0 Å². The summed E-state index contributed by atoms with van der Waals surface area (Å²) < 4.78 is 5.76. The highest BCUT2D eigenvalue weighted by molar-refractivity contribution is 5.69. The number of likely N-dealkylation sites (tertiary alicyclic amines) is 1. The normalized spacial score (nSPS) is 33.5. The molecular weight excluding hydrogens is 360 g/mol. The fourth-order valence-electron chi connectivity index (χ4n) is 7.04. The minimum absolute atomic E-state index is 0.0131. The van der Waals surface area contributed by atoms with E-state index >= 15 is 0 Å². The van der Waals surface area contributed by atoms with Crippen molar-refractivity contribution >= 4 is 6.09 Å². The second-order valence-corrected chi connectivity index (χ2v) is 10.3. The molecule has 1 saturated carbocycles. The van der Waals surface area contributed by atoms with Crippen LogP contribution >= 0.6 is 0 Å². The molecule has 0 aromatic heterocycles. The zero-order valence-corrected chi connectivity index (χ0v) is 17.5. The van der Waals surface area contributed by atoms with Crippen molar-refractivity contribution in [1.29, 1.82) is 0 Å². The lowest BCUT2D eigenvalue weighted by Crippen LogP contribution is -2.55. The maximum atomic E-state index is 12.7. The lowest BCUT2D eigenvalue weighted by Gasteiger charge is -2.47. The third-order valence-corrected chi connectivity index (χ3v) is 8.97. The number of carbonyl (C=O) groups excluding carboxylic acids is 1. The first-order chi connectivity index (χ1) is 14.2. The van der Waals surface area contributed by atoms with Gasteiger partial charge in [-0.25, -0.2) is 4.79 Å². The van der Waals surface area contributed by atoms with Crippen LogP contribution in [0.5, 0.6) is 0 Å². The van der Waals surface area contributed by atoms with Gasteiger partial charge >= 0.3 is 6.09 Å². The van der Waals surface area contributed by atoms with Crippen LogP contribution in [0.4, 0.5) is 4.79 Å². The number of carbonyl (C=O) groups is 1. The van der Waals surface area contributed by atoms with Gasteiger partial charge in [0.1, 0.15) is 6.10 Å². The largest absolute Gasteiger partial charge is 0.446 e. The summed E-state index contributed by atoms with van der Waals surface area (Å²) in [6.45, 7) is 2.45. The Morgan fingerprint density at radius 3 is 2.34 bits per heavy atom. The third kappa shape index (κ3) is 3.01. The van der Waals surface area contributed by atoms with Crippen LogP contribution in [0, 0.1) is 0 Å². The van der Waals surface area contributed by atoms with E-state index in [2.05, 4.69) is 34.1 Å². The maximum absolute atomic E-state index is 12.7. The summed E-state index contributed by atoms with van der Waals surface area (Å²) >= 11 is 0. The summed E-state index contributed by atoms with van der Waals surface area (Å²) in [6, 6.07) is 10.6. The molecule has 1 spiro atoms. The highest BCUT2D eigenvalue weighted by Gasteiger charge is 2.48. The van der Waals surface area contributed by atoms with Crippen molar-refractivity contribution in [3.63, 3.8) is 0 Å². The van der Waals surface area contributed by atoms with Gasteiger partial charge in [0, 0.05) is 18.1 Å². The molecule has 2 aliphatic carbocycles. The molecule has 6 rings (SSSR count). The molecule has 3 aliphatic heterocycles. The molecule has 4 fully saturated rings. The van der Waals surface area contributed by atoms with Crippen LogP contribution in [0.25, 0.3) is 0 Å². The zero-order valence-electron chi connectivity index (χ0n) is 17.5. The van der Waals surface area contributed by atoms with Gasteiger partial charge in [-0.1, -0.05) is 24.3 Å². The van der Waals surface area contributed by atoms with Gasteiger partial charge in [0.25, 0.3) is 0 Å². The van der Waals surface area contributed by atoms with Crippen LogP contribution in [0.15, 0.2) is 24.3 Å². The van der Waals surface area contributed by atoms with Crippen LogP contribution < -0.4 is 0 Å². The first kappa shape index (κ1) is 18.2. The van der Waals surface area contributed by atoms with Gasteiger partial charge in [0.2, 0.25) is 0 Å². The van der Waals surface area contributed by atoms with E-state index in [9.17, 15) is 4.79 Å². The van der Waals surface area contributed by atoms with E-state index in [4.69, 9.17) is 4.74 Å². The van der Waals surface area contributed by atoms with Gasteiger partial charge in [0.15, 0.2) is 0 Å². The Kier molecular flexibility index (Phi) is 4.41. The molecular formula is C25H34N2O2. The Morgan fingerprint density at radius 1 is 0.931 bits per heavy atom. The number of amides is 1. The van der Waals surface area contributed by atoms with Crippen molar-refractivity contribution in [3.05, 3.63) is 35.4 Å². The van der Waals surface area contributed by atoms with Crippen LogP contribution in [-0.2, 0) is 16.6 Å². The lowest BCUT2D eigenvalue weighted by atomic mass is 9.73. The molecule has 156 valence electrons. The molecule has 2 atom stereocenters. The number of fused-ring (bicyclic) bond motifs is 4. The molecule has 5 aliphatic rings. The number of aryl methyl sites for hydroxylation is 1. The topological polar surface area (TPSA) is 32.8 Å². The molecule has 1 amide bonds. The van der Waals surface area contributed by atoms with E-state index in [1.54, 1.807) is 11.1 Å². The van der Waals surface area contributed by atoms with E-state index in [0.717, 1.165) is 25.7 Å². The first-order valence-corrected chi connectivity index (χ1v) is 12.0. The van der Waals surface area contributed by atoms with Crippen LogP contribution in [0.1, 0.15) is 75.3 Å². The molecule has 1 aromatic rings. The second-order valence-electron chi connectivity index (χ2n) is 10.3. The van der Waals surface area contributed by atoms with Crippen LogP contribution in [0.3, 0.4) is 0 Å². The molecule has 2 bridgehead atoms. The van der Waals surface area contributed by atoms with Gasteiger partial charge in [-0.15, -0.1) is 0 Å². The van der Waals surface area contributed by atoms with Crippen molar-refractivity contribution in [2.24, 2.45) is 0 Å². The zero-order chi connectivity index (χ0) is 19.4. The summed E-state index contributed by atoms with van der Waals surface area (Å²) in [5, 5.41) is 0. The van der Waals surface area contributed by atoms with Crippen molar-refractivity contribution < 1.29 is 9.53 Å². The summed E-state index contributed by atoms with van der Waals surface area (Å²) in [7, 11) is 0. The quantitative estimate of drug-likeness (QED) is 0.732. The maximum Gasteiger partial charge on any atom is 0.410 e. The SMILES string of the molecule is O=C(OC1CCC1)N1C2CCC1CC(N1CCC3(CCc4ccccc43)CC1)C2. The number of hydrogen-bond acceptors (Lipinski definition) is 3. The van der Waals surface area contributed by atoms with Gasteiger partial charge in [-0.05, 0) is 100 Å². The second kappa shape index (κ2) is 7.01. The molecule has 4 nitrogen and oxygen atoms in total. The van der Waals surface area contributed by atoms with E-state index in [-0.39, 0.29) is 12.2 Å². The number of ether oxygens (including phenoxy) is 1. The highest BCUT2D eigenvalue weighted by Crippen LogP contribution is 2.47. The van der Waals surface area contributed by atoms with Gasteiger partial charge in [0.05, 0.1) is 0 Å². The molecule has 3 saturated heterocycles. The minimum atomic E-state index is -0.0131. The summed E-state index contributed by atoms with van der Waals surface area (Å²) in [6.07, 6.45) is 13.4. The Hall–Kier alpha value is -1.55. The highest BCUT2D eigenvalue weighted by atomic mass is 16.6. The third-order valence-electron chi connectivity index (χ3n) is 8.97. The van der Waals surface area contributed by atoms with Crippen molar-refractivity contribution in [2.75, 3.05) is 13.1 Å². The average molecular weight is 395 g/mol. The monoisotopic (exact) mass is 394 g/mol. The molecule has 1 aromatic carbocycles. The number of hydrogen-bond donors (Lipinski definition) is 0. The number of benzene rings is 1. The predicted molar refractivity (Wildman–Crippen MR) is 113 cm³/mol. The molecule has 3 heterocycles. The Morgan fingerprint density at radius 2 is 1.66 bits per heavy atom. The fourth-order valence-corrected chi connectivity index (χ4v) is 7.04. The Balaban J connectivity index is 1.09. The number of piperidine rings is 2. The molecule has 4 heteroatoms. The van der Waals surface area contributed by atoms with Crippen molar-refractivity contribution in [3.8, 4) is 0 Å². The molecule has 0 radical (unpaired) electrons. The first-order valence-electron chi connectivity index (χ1n) is 12.0. The molecule has 2 unspecified atom stereocenters. The fraction of sp³-hybridized carbons (Fsp3) is 0.720. The summed E-state index contributed by atoms with van der Waals surface area (Å²) in [5.74, 6) is 0. The Bertz CT molecular complexity index is 767. The van der Waals surface area contributed by atoms with Gasteiger partial charge in [-0.2, -0.15) is 0 Å². The van der Waals surface area contributed by atoms with E-state index in [0.29, 0.717) is 23.5 Å². The Labute approximate surface area is 174 Å². The standard InChI is InChI=1S/C25H34N2O2/c28-24(29-22-5-3-6-22)27-19-8-9-20(27)17-21(16-19)26-14-12-25(13-15-26)11-10-18-4-1-2-7-23(18)25/h1-2,4,7,19-22H,3,5-6,8-17H2. The summed E-state index contributed by atoms with van der Waals surface area (Å²) in [5.41, 5.74) is 3.69. The smallest absolute Gasteiger partial charge is 0.410 e. The summed E-state index contributed by atoms with van der Waals surface area (Å²) in [4.78, 5) is 17.6. The minimum Gasteiger partial charge on any atom is -0.446 e. The number of nitrogens with zero attached hydrogens (tertiary/aromatic N) is 2.